The Kier molecular flexibility index (Phi) is 4.85. The molecule has 134 valence electrons. The summed E-state index contributed by atoms with van der Waals surface area (Å²) in [5.74, 6) is -0.320. The Balaban J connectivity index is 0.00000210. The first-order valence-electron chi connectivity index (χ1n) is 7.85. The van der Waals surface area contributed by atoms with E-state index in [0.29, 0.717) is 0 Å². The van der Waals surface area contributed by atoms with Gasteiger partial charge >= 0.3 is 35.2 Å². The summed E-state index contributed by atoms with van der Waals surface area (Å²) in [4.78, 5) is 41.5. The van der Waals surface area contributed by atoms with Gasteiger partial charge < -0.3 is 5.11 Å². The molecule has 0 radical (unpaired) electrons. The van der Waals surface area contributed by atoms with Crippen LogP contribution in [0.15, 0.2) is 50.8 Å². The predicted octanol–water partition coefficient (Wildman–Crippen LogP) is -0.848. The molecule has 0 atom stereocenters. The molecule has 1 aromatic carbocycles. The van der Waals surface area contributed by atoms with Crippen LogP contribution in [0.3, 0.4) is 0 Å². The topological polar surface area (TPSA) is 104 Å². The van der Waals surface area contributed by atoms with Gasteiger partial charge in [0.2, 0.25) is 11.7 Å². The molecule has 0 aliphatic rings. The van der Waals surface area contributed by atoms with Crippen LogP contribution < -0.4 is 16.8 Å². The Bertz CT molecular complexity index is 1350. The fourth-order valence-corrected chi connectivity index (χ4v) is 3.05. The second kappa shape index (κ2) is 6.84. The number of fused-ring (bicyclic) bond motifs is 3. The molecule has 3 heterocycles. The summed E-state index contributed by atoms with van der Waals surface area (Å²) in [6.07, 6.45) is 0. The normalized spacial score (nSPS) is 11.0. The molecule has 1 N–H and O–H groups in total. The van der Waals surface area contributed by atoms with E-state index in [9.17, 15) is 19.5 Å². The number of benzene rings is 1. The molecule has 0 spiro atoms. The van der Waals surface area contributed by atoms with Crippen molar-refractivity contribution >= 4 is 46.5 Å². The van der Waals surface area contributed by atoms with E-state index >= 15 is 0 Å². The van der Waals surface area contributed by atoms with Gasteiger partial charge in [-0.3, -0.25) is 23.3 Å². The van der Waals surface area contributed by atoms with Crippen molar-refractivity contribution in [1.29, 1.82) is 0 Å². The van der Waals surface area contributed by atoms with Gasteiger partial charge in [0.15, 0.2) is 11.2 Å². The van der Waals surface area contributed by atoms with Gasteiger partial charge in [-0.05, 0) is 5.56 Å². The van der Waals surface area contributed by atoms with Crippen molar-refractivity contribution in [3.8, 4) is 5.88 Å². The van der Waals surface area contributed by atoms with Gasteiger partial charge in [-0.2, -0.15) is 4.98 Å². The zero-order valence-electron chi connectivity index (χ0n) is 14.1. The van der Waals surface area contributed by atoms with Gasteiger partial charge in [-0.25, -0.2) is 9.20 Å². The molecule has 0 unspecified atom stereocenters. The fourth-order valence-electron chi connectivity index (χ4n) is 3.05. The van der Waals surface area contributed by atoms with Crippen molar-refractivity contribution in [2.45, 2.75) is 6.54 Å². The van der Waals surface area contributed by atoms with Crippen molar-refractivity contribution in [3.63, 3.8) is 0 Å². The number of aromatic hydroxyl groups is 1. The van der Waals surface area contributed by atoms with Gasteiger partial charge in [0.05, 0.1) is 12.6 Å². The molecule has 0 aliphatic heterocycles. The van der Waals surface area contributed by atoms with Crippen molar-refractivity contribution in [2.75, 3.05) is 0 Å². The molecule has 0 bridgehead atoms. The summed E-state index contributed by atoms with van der Waals surface area (Å²) in [6.45, 7) is 0.209. The molecule has 0 fully saturated rings. The van der Waals surface area contributed by atoms with Crippen LogP contribution in [0.25, 0.3) is 16.9 Å². The van der Waals surface area contributed by atoms with E-state index in [4.69, 9.17) is 0 Å². The number of hydrogen-bond acceptors (Lipinski definition) is 5. The predicted molar refractivity (Wildman–Crippen MR) is 102 cm³/mol. The van der Waals surface area contributed by atoms with Crippen molar-refractivity contribution in [1.82, 2.24) is 23.1 Å². The van der Waals surface area contributed by atoms with E-state index < -0.39 is 22.7 Å². The first kappa shape index (κ1) is 19.2. The summed E-state index contributed by atoms with van der Waals surface area (Å²) in [5.41, 5.74) is -0.616. The van der Waals surface area contributed by atoms with Crippen LogP contribution in [0.2, 0.25) is 0 Å². The molecule has 0 amide bonds. The third-order valence-corrected chi connectivity index (χ3v) is 4.41. The van der Waals surface area contributed by atoms with Crippen LogP contribution in [0.5, 0.6) is 5.88 Å². The Morgan fingerprint density at radius 2 is 1.70 bits per heavy atom. The molecule has 9 nitrogen and oxygen atoms in total. The van der Waals surface area contributed by atoms with Gasteiger partial charge in [-0.1, -0.05) is 30.3 Å². The van der Waals surface area contributed by atoms with Crippen LogP contribution in [0, 0.1) is 0 Å². The van der Waals surface area contributed by atoms with Crippen LogP contribution in [0.4, 0.5) is 0 Å². The van der Waals surface area contributed by atoms with E-state index in [-0.39, 0.29) is 53.0 Å². The van der Waals surface area contributed by atoms with Crippen LogP contribution >= 0.6 is 0 Å². The van der Waals surface area contributed by atoms with Gasteiger partial charge in [-0.15, -0.1) is 0 Å². The summed E-state index contributed by atoms with van der Waals surface area (Å²) in [6, 6.07) is 10.3. The van der Waals surface area contributed by atoms with Crippen LogP contribution in [-0.4, -0.2) is 57.7 Å². The van der Waals surface area contributed by atoms with E-state index in [1.165, 1.54) is 27.6 Å². The second-order valence-corrected chi connectivity index (χ2v) is 6.04. The number of aryl methyl sites for hydroxylation is 1. The average Bonchev–Trinajstić information content (AvgIpc) is 3.03. The summed E-state index contributed by atoms with van der Waals surface area (Å²) in [7, 11) is 2.83. The molecule has 0 aliphatic carbocycles. The molecule has 4 rings (SSSR count). The SMILES string of the molecule is Cn1c(=O)c2c(nc3n(Cc4ccccc4)c(=O)cc(O)n23)n(C)c1=O.[NaH]. The summed E-state index contributed by atoms with van der Waals surface area (Å²) < 4.78 is 4.68. The first-order valence-corrected chi connectivity index (χ1v) is 7.85. The molecular formula is C17H16N5NaO4. The Hall–Kier alpha value is -2.62. The Labute approximate surface area is 174 Å². The summed E-state index contributed by atoms with van der Waals surface area (Å²) >= 11 is 0. The number of nitrogens with zero attached hydrogens (tertiary/aromatic N) is 5. The quantitative estimate of drug-likeness (QED) is 0.459. The zero-order valence-corrected chi connectivity index (χ0v) is 14.1. The number of imidazole rings is 1. The molecule has 3 aromatic heterocycles. The number of aromatic nitrogens is 5. The fraction of sp³-hybridized carbons (Fsp3) is 0.176. The summed E-state index contributed by atoms with van der Waals surface area (Å²) in [5, 5.41) is 10.3. The third kappa shape index (κ3) is 2.84. The zero-order chi connectivity index (χ0) is 18.6. The average molecular weight is 377 g/mol. The molecule has 0 saturated carbocycles. The van der Waals surface area contributed by atoms with E-state index in [1.54, 1.807) is 0 Å². The monoisotopic (exact) mass is 377 g/mol. The minimum absolute atomic E-state index is 0. The third-order valence-electron chi connectivity index (χ3n) is 4.41. The van der Waals surface area contributed by atoms with E-state index in [2.05, 4.69) is 4.98 Å². The van der Waals surface area contributed by atoms with Crippen molar-refractivity contribution < 1.29 is 5.11 Å². The molecule has 0 saturated heterocycles. The van der Waals surface area contributed by atoms with Gasteiger partial charge in [0, 0.05) is 14.1 Å². The maximum absolute atomic E-state index is 12.6. The number of hydrogen-bond donors (Lipinski definition) is 1. The Morgan fingerprint density at radius 1 is 1.04 bits per heavy atom. The van der Waals surface area contributed by atoms with Gasteiger partial charge in [0.25, 0.3) is 11.1 Å². The van der Waals surface area contributed by atoms with Gasteiger partial charge in [0.1, 0.15) is 0 Å². The van der Waals surface area contributed by atoms with Crippen LogP contribution in [-0.2, 0) is 20.6 Å². The minimum atomic E-state index is -0.601. The van der Waals surface area contributed by atoms with E-state index in [0.717, 1.165) is 16.2 Å². The standard InChI is InChI=1S/C17H15N5O4.Na.H/c1-19-14-13(15(25)20(2)17(19)26)22-12(24)8-11(23)21(16(22)18-14)9-10-6-4-3-5-7-10;;/h3-8,24H,9H2,1-2H3;;. The molecule has 27 heavy (non-hydrogen) atoms. The van der Waals surface area contributed by atoms with E-state index in [1.807, 2.05) is 30.3 Å². The van der Waals surface area contributed by atoms with Crippen molar-refractivity contribution in [2.24, 2.45) is 14.1 Å². The Morgan fingerprint density at radius 3 is 2.37 bits per heavy atom. The molecule has 10 heteroatoms. The maximum atomic E-state index is 12.6. The molecular weight excluding hydrogens is 361 g/mol. The number of rotatable bonds is 2. The first-order chi connectivity index (χ1) is 12.4. The molecule has 4 aromatic rings. The van der Waals surface area contributed by atoms with Crippen molar-refractivity contribution in [3.05, 3.63) is 73.2 Å². The van der Waals surface area contributed by atoms with Crippen LogP contribution in [0.1, 0.15) is 5.56 Å². The second-order valence-electron chi connectivity index (χ2n) is 6.04.